The Morgan fingerprint density at radius 1 is 1.33 bits per heavy atom. The third kappa shape index (κ3) is 3.68. The highest BCUT2D eigenvalue weighted by molar-refractivity contribution is 6.03. The molecule has 0 aliphatic carbocycles. The molecule has 0 spiro atoms. The summed E-state index contributed by atoms with van der Waals surface area (Å²) in [4.78, 5) is 28.0. The normalized spacial score (nSPS) is 11.7. The fraction of sp³-hybridized carbons (Fsp3) is 0.267. The molecule has 1 heterocycles. The van der Waals surface area contributed by atoms with E-state index >= 15 is 0 Å². The van der Waals surface area contributed by atoms with Crippen molar-refractivity contribution in [2.45, 2.75) is 26.3 Å². The number of imidazole rings is 1. The topological polar surface area (TPSA) is 76.0 Å². The van der Waals surface area contributed by atoms with E-state index in [0.717, 1.165) is 6.42 Å². The van der Waals surface area contributed by atoms with Crippen molar-refractivity contribution in [3.63, 3.8) is 0 Å². The summed E-state index contributed by atoms with van der Waals surface area (Å²) >= 11 is 0. The number of nitrogens with one attached hydrogen (secondary N) is 2. The second-order valence-corrected chi connectivity index (χ2v) is 4.73. The van der Waals surface area contributed by atoms with Gasteiger partial charge in [0.25, 0.3) is 5.91 Å². The smallest absolute Gasteiger partial charge is 0.331 e. The van der Waals surface area contributed by atoms with Gasteiger partial charge in [-0.3, -0.25) is 9.36 Å². The Morgan fingerprint density at radius 2 is 2.10 bits per heavy atom. The fourth-order valence-electron chi connectivity index (χ4n) is 1.75. The standard InChI is InChI=1S/C15H18N4O2/c1-3-11(2)17-14(20)12-6-4-5-7-13(12)18-15(21)19-9-8-16-10-19/h4-11H,3H2,1-2H3,(H,17,20)(H,18,21). The Morgan fingerprint density at radius 3 is 2.76 bits per heavy atom. The van der Waals surface area contributed by atoms with Gasteiger partial charge in [-0.2, -0.15) is 0 Å². The van der Waals surface area contributed by atoms with Gasteiger partial charge in [-0.15, -0.1) is 0 Å². The number of carbonyl (C=O) groups excluding carboxylic acids is 2. The van der Waals surface area contributed by atoms with E-state index in [0.29, 0.717) is 11.3 Å². The molecule has 0 saturated carbocycles. The lowest BCUT2D eigenvalue weighted by Gasteiger charge is -2.14. The van der Waals surface area contributed by atoms with Gasteiger partial charge in [0.05, 0.1) is 11.3 Å². The van der Waals surface area contributed by atoms with Crippen LogP contribution in [0.4, 0.5) is 10.5 Å². The Hall–Kier alpha value is -2.63. The van der Waals surface area contributed by atoms with E-state index < -0.39 is 0 Å². The highest BCUT2D eigenvalue weighted by Gasteiger charge is 2.14. The van der Waals surface area contributed by atoms with Crippen molar-refractivity contribution < 1.29 is 9.59 Å². The number of hydrogen-bond acceptors (Lipinski definition) is 3. The number of hydrogen-bond donors (Lipinski definition) is 2. The molecule has 0 saturated heterocycles. The van der Waals surface area contributed by atoms with Gasteiger partial charge in [-0.25, -0.2) is 9.78 Å². The van der Waals surface area contributed by atoms with Crippen LogP contribution in [-0.4, -0.2) is 27.5 Å². The number of nitrogens with zero attached hydrogens (tertiary/aromatic N) is 2. The SMILES string of the molecule is CCC(C)NC(=O)c1ccccc1NC(=O)n1ccnc1. The predicted molar refractivity (Wildman–Crippen MR) is 80.3 cm³/mol. The molecule has 2 aromatic rings. The van der Waals surface area contributed by atoms with Gasteiger partial charge in [0.2, 0.25) is 0 Å². The summed E-state index contributed by atoms with van der Waals surface area (Å²) < 4.78 is 1.31. The summed E-state index contributed by atoms with van der Waals surface area (Å²) in [5.41, 5.74) is 0.906. The maximum absolute atomic E-state index is 12.2. The molecule has 0 bridgehead atoms. The maximum Gasteiger partial charge on any atom is 0.331 e. The molecule has 2 amide bonds. The van der Waals surface area contributed by atoms with E-state index in [9.17, 15) is 9.59 Å². The van der Waals surface area contributed by atoms with E-state index in [1.165, 1.54) is 23.3 Å². The molecular weight excluding hydrogens is 268 g/mol. The Kier molecular flexibility index (Phi) is 4.71. The number of amides is 2. The van der Waals surface area contributed by atoms with Crippen molar-refractivity contribution in [2.75, 3.05) is 5.32 Å². The molecule has 6 nitrogen and oxygen atoms in total. The van der Waals surface area contributed by atoms with E-state index in [4.69, 9.17) is 0 Å². The van der Waals surface area contributed by atoms with Crippen molar-refractivity contribution >= 4 is 17.6 Å². The molecule has 2 rings (SSSR count). The zero-order valence-corrected chi connectivity index (χ0v) is 12.0. The first-order valence-electron chi connectivity index (χ1n) is 6.81. The first-order chi connectivity index (χ1) is 10.1. The van der Waals surface area contributed by atoms with Crippen molar-refractivity contribution in [3.05, 3.63) is 48.5 Å². The quantitative estimate of drug-likeness (QED) is 0.906. The van der Waals surface area contributed by atoms with Crippen LogP contribution in [0.1, 0.15) is 30.6 Å². The van der Waals surface area contributed by atoms with Crippen LogP contribution in [0.2, 0.25) is 0 Å². The Balaban J connectivity index is 2.17. The van der Waals surface area contributed by atoms with Crippen LogP contribution in [0.3, 0.4) is 0 Å². The van der Waals surface area contributed by atoms with Crippen LogP contribution in [-0.2, 0) is 0 Å². The predicted octanol–water partition coefficient (Wildman–Crippen LogP) is 2.49. The zero-order chi connectivity index (χ0) is 15.2. The summed E-state index contributed by atoms with van der Waals surface area (Å²) in [6.45, 7) is 3.93. The number of anilines is 1. The van der Waals surface area contributed by atoms with Crippen molar-refractivity contribution in [1.82, 2.24) is 14.9 Å². The lowest BCUT2D eigenvalue weighted by atomic mass is 10.1. The molecule has 21 heavy (non-hydrogen) atoms. The van der Waals surface area contributed by atoms with Gasteiger partial charge in [0.1, 0.15) is 6.33 Å². The number of rotatable bonds is 4. The molecular formula is C15H18N4O2. The number of para-hydroxylation sites is 1. The second kappa shape index (κ2) is 6.69. The summed E-state index contributed by atoms with van der Waals surface area (Å²) in [5, 5.41) is 5.59. The molecule has 0 fully saturated rings. The Labute approximate surface area is 123 Å². The van der Waals surface area contributed by atoms with Gasteiger partial charge in [0, 0.05) is 18.4 Å². The molecule has 110 valence electrons. The summed E-state index contributed by atoms with van der Waals surface area (Å²) in [7, 11) is 0. The molecule has 1 aromatic heterocycles. The molecule has 1 unspecified atom stereocenters. The number of benzene rings is 1. The largest absolute Gasteiger partial charge is 0.350 e. The van der Waals surface area contributed by atoms with E-state index in [2.05, 4.69) is 15.6 Å². The third-order valence-corrected chi connectivity index (χ3v) is 3.14. The number of carbonyl (C=O) groups is 2. The van der Waals surface area contributed by atoms with Crippen LogP contribution in [0.5, 0.6) is 0 Å². The van der Waals surface area contributed by atoms with Crippen LogP contribution in [0, 0.1) is 0 Å². The van der Waals surface area contributed by atoms with Gasteiger partial charge >= 0.3 is 6.03 Å². The first-order valence-corrected chi connectivity index (χ1v) is 6.81. The first kappa shape index (κ1) is 14.8. The summed E-state index contributed by atoms with van der Waals surface area (Å²) in [5.74, 6) is -0.203. The van der Waals surface area contributed by atoms with Crippen LogP contribution < -0.4 is 10.6 Å². The maximum atomic E-state index is 12.2. The third-order valence-electron chi connectivity index (χ3n) is 3.14. The Bertz CT molecular complexity index is 622. The van der Waals surface area contributed by atoms with E-state index in [1.807, 2.05) is 13.8 Å². The van der Waals surface area contributed by atoms with Gasteiger partial charge in [-0.1, -0.05) is 19.1 Å². The molecule has 1 aromatic carbocycles. The number of aromatic nitrogens is 2. The molecule has 1 atom stereocenters. The van der Waals surface area contributed by atoms with Crippen molar-refractivity contribution in [1.29, 1.82) is 0 Å². The molecule has 0 radical (unpaired) electrons. The van der Waals surface area contributed by atoms with Crippen molar-refractivity contribution in [2.24, 2.45) is 0 Å². The minimum Gasteiger partial charge on any atom is -0.350 e. The average molecular weight is 286 g/mol. The fourth-order valence-corrected chi connectivity index (χ4v) is 1.75. The van der Waals surface area contributed by atoms with Crippen molar-refractivity contribution in [3.8, 4) is 0 Å². The van der Waals surface area contributed by atoms with E-state index in [-0.39, 0.29) is 18.0 Å². The highest BCUT2D eigenvalue weighted by atomic mass is 16.2. The molecule has 0 aliphatic heterocycles. The lowest BCUT2D eigenvalue weighted by molar-refractivity contribution is 0.0940. The van der Waals surface area contributed by atoms with Gasteiger partial charge in [-0.05, 0) is 25.5 Å². The highest BCUT2D eigenvalue weighted by Crippen LogP contribution is 2.15. The molecule has 6 heteroatoms. The molecule has 0 aliphatic rings. The minimum atomic E-state index is -0.365. The van der Waals surface area contributed by atoms with Crippen LogP contribution in [0.15, 0.2) is 43.0 Å². The average Bonchev–Trinajstić information content (AvgIpc) is 3.01. The summed E-state index contributed by atoms with van der Waals surface area (Å²) in [6, 6.07) is 6.62. The monoisotopic (exact) mass is 286 g/mol. The van der Waals surface area contributed by atoms with Crippen LogP contribution >= 0.6 is 0 Å². The van der Waals surface area contributed by atoms with Gasteiger partial charge < -0.3 is 10.6 Å². The second-order valence-electron chi connectivity index (χ2n) is 4.73. The van der Waals surface area contributed by atoms with E-state index in [1.54, 1.807) is 24.3 Å². The zero-order valence-electron chi connectivity index (χ0n) is 12.0. The minimum absolute atomic E-state index is 0.0786. The lowest BCUT2D eigenvalue weighted by Crippen LogP contribution is -2.32. The molecule has 2 N–H and O–H groups in total. The van der Waals surface area contributed by atoms with Crippen LogP contribution in [0.25, 0.3) is 0 Å². The van der Waals surface area contributed by atoms with Gasteiger partial charge in [0.15, 0.2) is 0 Å². The summed E-state index contributed by atoms with van der Waals surface area (Å²) in [6.07, 6.45) is 5.30.